The van der Waals surface area contributed by atoms with Gasteiger partial charge in [0, 0.05) is 5.56 Å². The molecule has 1 atom stereocenters. The number of para-hydroxylation sites is 1. The van der Waals surface area contributed by atoms with E-state index >= 15 is 0 Å². The zero-order valence-corrected chi connectivity index (χ0v) is 8.33. The van der Waals surface area contributed by atoms with Gasteiger partial charge in [0.05, 0.1) is 0 Å². The minimum Gasteiger partial charge on any atom is -0.508 e. The van der Waals surface area contributed by atoms with Gasteiger partial charge in [-0.2, -0.15) is 0 Å². The van der Waals surface area contributed by atoms with Crippen LogP contribution in [0.4, 0.5) is 4.39 Å². The fourth-order valence-electron chi connectivity index (χ4n) is 2.06. The van der Waals surface area contributed by atoms with Gasteiger partial charge in [-0.3, -0.25) is 0 Å². The molecule has 1 nitrogen and oxygen atoms in total. The molecule has 1 aromatic carbocycles. The van der Waals surface area contributed by atoms with Crippen LogP contribution in [0.1, 0.15) is 31.7 Å². The fourth-order valence-corrected chi connectivity index (χ4v) is 2.06. The highest BCUT2D eigenvalue weighted by molar-refractivity contribution is 5.37. The molecule has 1 saturated carbocycles. The number of alkyl halides is 1. The summed E-state index contributed by atoms with van der Waals surface area (Å²) in [6.45, 7) is 1.58. The second-order valence-corrected chi connectivity index (χ2v) is 4.22. The Morgan fingerprint density at radius 3 is 2.50 bits per heavy atom. The van der Waals surface area contributed by atoms with E-state index < -0.39 is 5.67 Å². The molecular weight excluding hydrogens is 179 g/mol. The molecule has 0 bridgehead atoms. The van der Waals surface area contributed by atoms with Crippen molar-refractivity contribution < 1.29 is 9.50 Å². The Morgan fingerprint density at radius 1 is 1.36 bits per heavy atom. The largest absolute Gasteiger partial charge is 0.508 e. The Kier molecular flexibility index (Phi) is 2.22. The molecular formula is C12H15FO. The molecule has 76 valence electrons. The van der Waals surface area contributed by atoms with Crippen LogP contribution >= 0.6 is 0 Å². The number of aromatic hydroxyl groups is 1. The quantitative estimate of drug-likeness (QED) is 0.765. The number of rotatable bonds is 2. The van der Waals surface area contributed by atoms with Crippen LogP contribution in [0.2, 0.25) is 0 Å². The summed E-state index contributed by atoms with van der Waals surface area (Å²) in [4.78, 5) is 0. The predicted octanol–water partition coefficient (Wildman–Crippen LogP) is 3.38. The maximum absolute atomic E-state index is 14.4. The molecule has 2 rings (SSSR count). The summed E-state index contributed by atoms with van der Waals surface area (Å²) in [5, 5.41) is 9.57. The molecule has 2 heteroatoms. The van der Waals surface area contributed by atoms with Crippen LogP contribution in [0.25, 0.3) is 0 Å². The summed E-state index contributed by atoms with van der Waals surface area (Å²) in [7, 11) is 0. The summed E-state index contributed by atoms with van der Waals surface area (Å²) < 4.78 is 14.4. The first-order valence-electron chi connectivity index (χ1n) is 5.10. The van der Waals surface area contributed by atoms with Crippen LogP contribution in [0.3, 0.4) is 0 Å². The minimum atomic E-state index is -1.37. The summed E-state index contributed by atoms with van der Waals surface area (Å²) in [6, 6.07) is 6.71. The van der Waals surface area contributed by atoms with Crippen molar-refractivity contribution in [2.45, 2.75) is 31.9 Å². The number of phenolic OH excluding ortho intramolecular Hbond substituents is 1. The molecule has 1 aliphatic carbocycles. The van der Waals surface area contributed by atoms with Gasteiger partial charge < -0.3 is 5.11 Å². The fraction of sp³-hybridized carbons (Fsp3) is 0.500. The molecule has 0 aliphatic heterocycles. The maximum Gasteiger partial charge on any atom is 0.139 e. The number of hydrogen-bond donors (Lipinski definition) is 1. The summed E-state index contributed by atoms with van der Waals surface area (Å²) in [6.07, 6.45) is 2.97. The smallest absolute Gasteiger partial charge is 0.139 e. The molecule has 1 N–H and O–H groups in total. The second-order valence-electron chi connectivity index (χ2n) is 4.22. The normalized spacial score (nSPS) is 21.3. The van der Waals surface area contributed by atoms with Crippen molar-refractivity contribution in [3.8, 4) is 5.75 Å². The van der Waals surface area contributed by atoms with Gasteiger partial charge in [0.15, 0.2) is 0 Å². The van der Waals surface area contributed by atoms with Crippen LogP contribution < -0.4 is 0 Å². The summed E-state index contributed by atoms with van der Waals surface area (Å²) in [5.74, 6) is 0.153. The lowest BCUT2D eigenvalue weighted by Crippen LogP contribution is -2.32. The first-order valence-corrected chi connectivity index (χ1v) is 5.10. The third-order valence-electron chi connectivity index (χ3n) is 3.30. The highest BCUT2D eigenvalue weighted by Crippen LogP contribution is 2.47. The first-order chi connectivity index (χ1) is 6.62. The standard InChI is InChI=1S/C12H15FO/c1-12(13,9-5-4-6-9)10-7-2-3-8-11(10)14/h2-3,7-9,14H,4-6H2,1H3. The summed E-state index contributed by atoms with van der Waals surface area (Å²) in [5.41, 5.74) is -0.937. The van der Waals surface area contributed by atoms with E-state index in [1.54, 1.807) is 31.2 Å². The third kappa shape index (κ3) is 1.39. The van der Waals surface area contributed by atoms with Crippen LogP contribution in [0.5, 0.6) is 5.75 Å². The minimum absolute atomic E-state index is 0.0735. The number of halogens is 1. The first kappa shape index (κ1) is 9.50. The van der Waals surface area contributed by atoms with Gasteiger partial charge in [-0.1, -0.05) is 24.6 Å². The number of phenols is 1. The number of hydrogen-bond acceptors (Lipinski definition) is 1. The molecule has 1 aliphatic rings. The van der Waals surface area contributed by atoms with E-state index in [0.29, 0.717) is 5.56 Å². The molecule has 1 unspecified atom stereocenters. The summed E-state index contributed by atoms with van der Waals surface area (Å²) >= 11 is 0. The molecule has 0 saturated heterocycles. The van der Waals surface area contributed by atoms with Crippen molar-refractivity contribution in [1.29, 1.82) is 0 Å². The topological polar surface area (TPSA) is 20.2 Å². The van der Waals surface area contributed by atoms with E-state index in [0.717, 1.165) is 19.3 Å². The molecule has 0 spiro atoms. The van der Waals surface area contributed by atoms with E-state index in [2.05, 4.69) is 0 Å². The molecule has 0 radical (unpaired) electrons. The average Bonchev–Trinajstić information content (AvgIpc) is 2.00. The maximum atomic E-state index is 14.4. The van der Waals surface area contributed by atoms with E-state index in [1.165, 1.54) is 0 Å². The van der Waals surface area contributed by atoms with Gasteiger partial charge in [-0.05, 0) is 31.7 Å². The highest BCUT2D eigenvalue weighted by atomic mass is 19.1. The van der Waals surface area contributed by atoms with Crippen molar-refractivity contribution in [1.82, 2.24) is 0 Å². The Bertz CT molecular complexity index is 329. The van der Waals surface area contributed by atoms with Crippen LogP contribution in [0, 0.1) is 5.92 Å². The van der Waals surface area contributed by atoms with Gasteiger partial charge in [0.25, 0.3) is 0 Å². The SMILES string of the molecule is CC(F)(c1ccccc1O)C1CCC1. The lowest BCUT2D eigenvalue weighted by Gasteiger charge is -2.37. The Morgan fingerprint density at radius 2 is 2.00 bits per heavy atom. The Hall–Kier alpha value is -1.05. The average molecular weight is 194 g/mol. The van der Waals surface area contributed by atoms with Gasteiger partial charge in [-0.25, -0.2) is 4.39 Å². The Balaban J connectivity index is 2.32. The zero-order valence-electron chi connectivity index (χ0n) is 8.33. The van der Waals surface area contributed by atoms with Gasteiger partial charge in [0.1, 0.15) is 11.4 Å². The van der Waals surface area contributed by atoms with Crippen molar-refractivity contribution in [2.24, 2.45) is 5.92 Å². The van der Waals surface area contributed by atoms with Gasteiger partial charge in [-0.15, -0.1) is 0 Å². The number of benzene rings is 1. The molecule has 0 amide bonds. The molecule has 1 fully saturated rings. The van der Waals surface area contributed by atoms with E-state index in [1.807, 2.05) is 0 Å². The molecule has 0 aromatic heterocycles. The highest BCUT2D eigenvalue weighted by Gasteiger charge is 2.40. The second kappa shape index (κ2) is 3.26. The lowest BCUT2D eigenvalue weighted by atomic mass is 9.71. The van der Waals surface area contributed by atoms with Crippen molar-refractivity contribution in [3.05, 3.63) is 29.8 Å². The van der Waals surface area contributed by atoms with Crippen LogP contribution in [-0.4, -0.2) is 5.11 Å². The van der Waals surface area contributed by atoms with Crippen LogP contribution in [-0.2, 0) is 5.67 Å². The van der Waals surface area contributed by atoms with Crippen LogP contribution in [0.15, 0.2) is 24.3 Å². The predicted molar refractivity (Wildman–Crippen MR) is 53.9 cm³/mol. The monoisotopic (exact) mass is 194 g/mol. The molecule has 0 heterocycles. The third-order valence-corrected chi connectivity index (χ3v) is 3.30. The van der Waals surface area contributed by atoms with E-state index in [9.17, 15) is 9.50 Å². The lowest BCUT2D eigenvalue weighted by molar-refractivity contribution is 0.0441. The van der Waals surface area contributed by atoms with Gasteiger partial charge in [0.2, 0.25) is 0 Å². The molecule has 1 aromatic rings. The van der Waals surface area contributed by atoms with Crippen molar-refractivity contribution in [2.75, 3.05) is 0 Å². The molecule has 14 heavy (non-hydrogen) atoms. The van der Waals surface area contributed by atoms with Gasteiger partial charge >= 0.3 is 0 Å². The zero-order chi connectivity index (χ0) is 10.2. The van der Waals surface area contributed by atoms with Crippen molar-refractivity contribution in [3.63, 3.8) is 0 Å². The van der Waals surface area contributed by atoms with E-state index in [-0.39, 0.29) is 11.7 Å². The van der Waals surface area contributed by atoms with E-state index in [4.69, 9.17) is 0 Å². The van der Waals surface area contributed by atoms with Crippen molar-refractivity contribution >= 4 is 0 Å². The Labute approximate surface area is 83.6 Å².